The van der Waals surface area contributed by atoms with Gasteiger partial charge in [-0.25, -0.2) is 9.97 Å². The van der Waals surface area contributed by atoms with E-state index in [1.54, 1.807) is 0 Å². The van der Waals surface area contributed by atoms with Gasteiger partial charge in [-0.15, -0.1) is 0 Å². The normalized spacial score (nSPS) is 20.4. The molecule has 22 heavy (non-hydrogen) atoms. The monoisotopic (exact) mass is 299 g/mol. The average Bonchev–Trinajstić information content (AvgIpc) is 3.13. The van der Waals surface area contributed by atoms with Crippen LogP contribution in [0.1, 0.15) is 26.3 Å². The van der Waals surface area contributed by atoms with Crippen LogP contribution in [0.5, 0.6) is 0 Å². The number of fused-ring (bicyclic) bond motifs is 3. The first kappa shape index (κ1) is 13.7. The molecule has 0 bridgehead atoms. The maximum atomic E-state index is 10.0. The lowest BCUT2D eigenvalue weighted by Crippen LogP contribution is -2.37. The Morgan fingerprint density at radius 2 is 2.27 bits per heavy atom. The molecule has 3 aromatic heterocycles. The van der Waals surface area contributed by atoms with Crippen LogP contribution >= 0.6 is 0 Å². The van der Waals surface area contributed by atoms with Crippen LogP contribution in [0.15, 0.2) is 24.8 Å². The summed E-state index contributed by atoms with van der Waals surface area (Å²) in [5, 5.41) is 11.1. The van der Waals surface area contributed by atoms with Crippen molar-refractivity contribution in [3.8, 4) is 0 Å². The Balaban J connectivity index is 1.69. The van der Waals surface area contributed by atoms with Crippen molar-refractivity contribution in [3.05, 3.63) is 24.8 Å². The van der Waals surface area contributed by atoms with Crippen LogP contribution in [0.4, 0.5) is 0 Å². The fraction of sp³-hybridized carbons (Fsp3) is 0.500. The third kappa shape index (κ3) is 2.28. The molecule has 0 aromatic carbocycles. The number of H-pyrrole nitrogens is 1. The molecule has 1 aliphatic heterocycles. The highest BCUT2D eigenvalue weighted by atomic mass is 16.3. The van der Waals surface area contributed by atoms with E-state index in [-0.39, 0.29) is 0 Å². The van der Waals surface area contributed by atoms with Crippen LogP contribution < -0.4 is 0 Å². The van der Waals surface area contributed by atoms with E-state index in [0.29, 0.717) is 12.6 Å². The van der Waals surface area contributed by atoms with Crippen molar-refractivity contribution in [3.63, 3.8) is 0 Å². The second-order valence-corrected chi connectivity index (χ2v) is 6.87. The molecular weight excluding hydrogens is 278 g/mol. The molecule has 4 rings (SSSR count). The van der Waals surface area contributed by atoms with Crippen LogP contribution in [-0.4, -0.2) is 54.8 Å². The Hall–Kier alpha value is -1.92. The Kier molecular flexibility index (Phi) is 2.99. The van der Waals surface area contributed by atoms with Crippen LogP contribution in [-0.2, 0) is 0 Å². The van der Waals surface area contributed by atoms with Gasteiger partial charge in [0.15, 0.2) is 0 Å². The van der Waals surface area contributed by atoms with Gasteiger partial charge in [0.2, 0.25) is 0 Å². The fourth-order valence-corrected chi connectivity index (χ4v) is 3.54. The summed E-state index contributed by atoms with van der Waals surface area (Å²) < 4.78 is 2.28. The first-order chi connectivity index (χ1) is 10.5. The molecule has 1 atom stereocenters. The van der Waals surface area contributed by atoms with Crippen molar-refractivity contribution in [1.29, 1.82) is 0 Å². The Morgan fingerprint density at radius 1 is 1.41 bits per heavy atom. The van der Waals surface area contributed by atoms with Crippen molar-refractivity contribution in [1.82, 2.24) is 24.4 Å². The highest BCUT2D eigenvalue weighted by molar-refractivity contribution is 6.00. The van der Waals surface area contributed by atoms with Gasteiger partial charge in [0.1, 0.15) is 11.2 Å². The Bertz CT molecular complexity index is 813. The van der Waals surface area contributed by atoms with Crippen LogP contribution in [0.2, 0.25) is 0 Å². The summed E-state index contributed by atoms with van der Waals surface area (Å²) in [7, 11) is 0. The first-order valence-corrected chi connectivity index (χ1v) is 7.75. The summed E-state index contributed by atoms with van der Waals surface area (Å²) in [4.78, 5) is 14.4. The van der Waals surface area contributed by atoms with E-state index in [1.165, 1.54) is 0 Å². The molecule has 0 spiro atoms. The smallest absolute Gasteiger partial charge is 0.139 e. The standard InChI is InChI=1S/C16H21N5O/c1-16(2,22)9-20-6-4-11(8-20)21-10-19-13-7-18-15-12(14(13)21)3-5-17-15/h3,5,7,10-11,22H,4,6,8-9H2,1-2H3,(H,17,18). The minimum atomic E-state index is -0.649. The molecule has 3 aromatic rings. The second kappa shape index (κ2) is 4.79. The van der Waals surface area contributed by atoms with Gasteiger partial charge in [0.25, 0.3) is 0 Å². The maximum Gasteiger partial charge on any atom is 0.139 e. The number of imidazole rings is 1. The number of hydrogen-bond acceptors (Lipinski definition) is 4. The predicted molar refractivity (Wildman–Crippen MR) is 85.8 cm³/mol. The van der Waals surface area contributed by atoms with Gasteiger partial charge < -0.3 is 14.7 Å². The number of β-amino-alcohol motifs (C(OH)–C–C–N with tert-alkyl or cyclic N) is 1. The molecule has 1 fully saturated rings. The molecule has 1 unspecified atom stereocenters. The summed E-state index contributed by atoms with van der Waals surface area (Å²) in [5.41, 5.74) is 2.35. The number of likely N-dealkylation sites (tertiary alicyclic amines) is 1. The largest absolute Gasteiger partial charge is 0.389 e. The minimum absolute atomic E-state index is 0.396. The third-order valence-electron chi connectivity index (χ3n) is 4.37. The van der Waals surface area contributed by atoms with Gasteiger partial charge in [0.05, 0.1) is 23.6 Å². The van der Waals surface area contributed by atoms with E-state index in [4.69, 9.17) is 0 Å². The van der Waals surface area contributed by atoms with Crippen LogP contribution in [0.3, 0.4) is 0 Å². The molecule has 6 heteroatoms. The molecular formula is C16H21N5O. The topological polar surface area (TPSA) is 70.0 Å². The zero-order chi connectivity index (χ0) is 15.3. The van der Waals surface area contributed by atoms with E-state index in [1.807, 2.05) is 32.6 Å². The van der Waals surface area contributed by atoms with Crippen LogP contribution in [0, 0.1) is 0 Å². The number of rotatable bonds is 3. The Labute approximate surface area is 128 Å². The van der Waals surface area contributed by atoms with Gasteiger partial charge in [-0.1, -0.05) is 0 Å². The number of hydrogen-bond donors (Lipinski definition) is 2. The lowest BCUT2D eigenvalue weighted by molar-refractivity contribution is 0.0430. The number of pyridine rings is 1. The first-order valence-electron chi connectivity index (χ1n) is 7.75. The van der Waals surface area contributed by atoms with Gasteiger partial charge in [0, 0.05) is 37.3 Å². The van der Waals surface area contributed by atoms with Crippen molar-refractivity contribution in [2.45, 2.75) is 31.9 Å². The number of aromatic amines is 1. The third-order valence-corrected chi connectivity index (χ3v) is 4.37. The van der Waals surface area contributed by atoms with Gasteiger partial charge >= 0.3 is 0 Å². The number of aromatic nitrogens is 4. The van der Waals surface area contributed by atoms with E-state index < -0.39 is 5.60 Å². The summed E-state index contributed by atoms with van der Waals surface area (Å²) in [5.74, 6) is 0. The molecule has 116 valence electrons. The van der Waals surface area contributed by atoms with Crippen molar-refractivity contribution in [2.24, 2.45) is 0 Å². The van der Waals surface area contributed by atoms with Crippen molar-refractivity contribution < 1.29 is 5.11 Å². The van der Waals surface area contributed by atoms with Gasteiger partial charge in [-0.3, -0.25) is 4.90 Å². The molecule has 1 aliphatic rings. The summed E-state index contributed by atoms with van der Waals surface area (Å²) >= 11 is 0. The average molecular weight is 299 g/mol. The fourth-order valence-electron chi connectivity index (χ4n) is 3.54. The lowest BCUT2D eigenvalue weighted by atomic mass is 10.1. The number of aliphatic hydroxyl groups is 1. The minimum Gasteiger partial charge on any atom is -0.389 e. The SMILES string of the molecule is CC(C)(O)CN1CCC(n2cnc3cnc4[nH]ccc4c32)C1. The summed E-state index contributed by atoms with van der Waals surface area (Å²) in [6.45, 7) is 6.39. The quantitative estimate of drug-likeness (QED) is 0.775. The summed E-state index contributed by atoms with van der Waals surface area (Å²) in [6, 6.07) is 2.46. The molecule has 0 radical (unpaired) electrons. The van der Waals surface area contributed by atoms with E-state index in [0.717, 1.165) is 41.6 Å². The molecule has 1 saturated heterocycles. The second-order valence-electron chi connectivity index (χ2n) is 6.87. The van der Waals surface area contributed by atoms with Crippen molar-refractivity contribution >= 4 is 22.1 Å². The maximum absolute atomic E-state index is 10.0. The summed E-state index contributed by atoms with van der Waals surface area (Å²) in [6.07, 6.45) is 6.75. The highest BCUT2D eigenvalue weighted by Gasteiger charge is 2.28. The number of nitrogens with zero attached hydrogens (tertiary/aromatic N) is 4. The Morgan fingerprint density at radius 3 is 3.09 bits per heavy atom. The molecule has 4 heterocycles. The predicted octanol–water partition coefficient (Wildman–Crippen LogP) is 1.93. The van der Waals surface area contributed by atoms with E-state index in [9.17, 15) is 5.11 Å². The van der Waals surface area contributed by atoms with Gasteiger partial charge in [-0.05, 0) is 26.3 Å². The molecule has 0 amide bonds. The van der Waals surface area contributed by atoms with Crippen molar-refractivity contribution in [2.75, 3.05) is 19.6 Å². The molecule has 0 aliphatic carbocycles. The number of nitrogens with one attached hydrogen (secondary N) is 1. The molecule has 0 saturated carbocycles. The van der Waals surface area contributed by atoms with Gasteiger partial charge in [-0.2, -0.15) is 0 Å². The molecule has 2 N–H and O–H groups in total. The van der Waals surface area contributed by atoms with E-state index >= 15 is 0 Å². The lowest BCUT2D eigenvalue weighted by Gasteiger charge is -2.25. The van der Waals surface area contributed by atoms with E-state index in [2.05, 4.69) is 30.5 Å². The van der Waals surface area contributed by atoms with Crippen LogP contribution in [0.25, 0.3) is 22.1 Å². The highest BCUT2D eigenvalue weighted by Crippen LogP contribution is 2.29. The zero-order valence-electron chi connectivity index (χ0n) is 13.0. The molecule has 6 nitrogen and oxygen atoms in total. The zero-order valence-corrected chi connectivity index (χ0v) is 13.0.